The van der Waals surface area contributed by atoms with Crippen LogP contribution in [0.5, 0.6) is 0 Å². The van der Waals surface area contributed by atoms with Crippen molar-refractivity contribution in [3.63, 3.8) is 0 Å². The third-order valence-corrected chi connectivity index (χ3v) is 4.50. The zero-order valence-electron chi connectivity index (χ0n) is 12.7. The maximum Gasteiger partial charge on any atom is 0.0424 e. The molecule has 0 bridgehead atoms. The van der Waals surface area contributed by atoms with Crippen LogP contribution in [0.15, 0.2) is 54.6 Å². The minimum Gasteiger partial charge on any atom is -0.323 e. The van der Waals surface area contributed by atoms with Gasteiger partial charge in [-0.1, -0.05) is 60.2 Å². The molecule has 3 rings (SSSR count). The predicted octanol–water partition coefficient (Wildman–Crippen LogP) is 3.48. The van der Waals surface area contributed by atoms with Crippen LogP contribution in [0.2, 0.25) is 0 Å². The summed E-state index contributed by atoms with van der Waals surface area (Å²) in [6.07, 6.45) is 1.24. The first kappa shape index (κ1) is 14.3. The molecule has 2 unspecified atom stereocenters. The molecule has 0 amide bonds. The van der Waals surface area contributed by atoms with E-state index < -0.39 is 0 Å². The van der Waals surface area contributed by atoms with Crippen molar-refractivity contribution in [2.45, 2.75) is 25.3 Å². The number of nitrogens with zero attached hydrogens (tertiary/aromatic N) is 1. The van der Waals surface area contributed by atoms with Crippen molar-refractivity contribution in [1.82, 2.24) is 4.90 Å². The first-order valence-electron chi connectivity index (χ1n) is 7.82. The Morgan fingerprint density at radius 1 is 1.10 bits per heavy atom. The van der Waals surface area contributed by atoms with Crippen molar-refractivity contribution < 1.29 is 0 Å². The molecule has 0 spiro atoms. The molecule has 0 aliphatic carbocycles. The van der Waals surface area contributed by atoms with Crippen LogP contribution in [0.3, 0.4) is 0 Å². The first-order chi connectivity index (χ1) is 10.2. The van der Waals surface area contributed by atoms with E-state index in [0.717, 1.165) is 19.6 Å². The molecule has 1 heterocycles. The highest BCUT2D eigenvalue weighted by Crippen LogP contribution is 2.28. The van der Waals surface area contributed by atoms with Crippen LogP contribution < -0.4 is 5.73 Å². The first-order valence-corrected chi connectivity index (χ1v) is 7.82. The van der Waals surface area contributed by atoms with Crippen molar-refractivity contribution in [2.24, 2.45) is 5.73 Å². The number of likely N-dealkylation sites (tertiary alicyclic amines) is 1. The molecule has 1 aliphatic heterocycles. The van der Waals surface area contributed by atoms with Gasteiger partial charge in [0.2, 0.25) is 0 Å². The van der Waals surface area contributed by atoms with Gasteiger partial charge in [0, 0.05) is 19.1 Å². The van der Waals surface area contributed by atoms with Gasteiger partial charge in [-0.2, -0.15) is 0 Å². The normalized spacial score (nSPS) is 20.6. The van der Waals surface area contributed by atoms with Gasteiger partial charge in [0.05, 0.1) is 0 Å². The molecule has 2 aromatic rings. The van der Waals surface area contributed by atoms with Crippen LogP contribution in [-0.2, 0) is 0 Å². The van der Waals surface area contributed by atoms with Crippen molar-refractivity contribution >= 4 is 0 Å². The van der Waals surface area contributed by atoms with Gasteiger partial charge < -0.3 is 10.6 Å². The minimum absolute atomic E-state index is 0.111. The van der Waals surface area contributed by atoms with Crippen molar-refractivity contribution in [1.29, 1.82) is 0 Å². The van der Waals surface area contributed by atoms with E-state index in [1.807, 2.05) is 0 Å². The van der Waals surface area contributed by atoms with Crippen LogP contribution >= 0.6 is 0 Å². The summed E-state index contributed by atoms with van der Waals surface area (Å²) < 4.78 is 0. The lowest BCUT2D eigenvalue weighted by Crippen LogP contribution is -2.30. The van der Waals surface area contributed by atoms with E-state index >= 15 is 0 Å². The van der Waals surface area contributed by atoms with Crippen LogP contribution in [0.25, 0.3) is 0 Å². The number of aryl methyl sites for hydroxylation is 1. The van der Waals surface area contributed by atoms with Crippen LogP contribution in [0.4, 0.5) is 0 Å². The molecule has 0 aromatic heterocycles. The standard InChI is InChI=1S/C19H24N2/c1-15-7-9-17(10-8-15)19(20)14-21-12-11-18(13-21)16-5-3-2-4-6-16/h2-10,18-19H,11-14,20H2,1H3. The maximum absolute atomic E-state index is 6.37. The highest BCUT2D eigenvalue weighted by molar-refractivity contribution is 5.24. The van der Waals surface area contributed by atoms with Gasteiger partial charge in [-0.25, -0.2) is 0 Å². The summed E-state index contributed by atoms with van der Waals surface area (Å²) in [5.41, 5.74) is 10.4. The van der Waals surface area contributed by atoms with Gasteiger partial charge in [-0.15, -0.1) is 0 Å². The molecule has 0 radical (unpaired) electrons. The topological polar surface area (TPSA) is 29.3 Å². The Labute approximate surface area is 127 Å². The SMILES string of the molecule is Cc1ccc(C(N)CN2CCC(c3ccccc3)C2)cc1. The summed E-state index contributed by atoms with van der Waals surface area (Å²) in [7, 11) is 0. The quantitative estimate of drug-likeness (QED) is 0.929. The predicted molar refractivity (Wildman–Crippen MR) is 88.3 cm³/mol. The lowest BCUT2D eigenvalue weighted by Gasteiger charge is -2.21. The molecule has 110 valence electrons. The number of nitrogens with two attached hydrogens (primary N) is 1. The molecule has 1 aliphatic rings. The Balaban J connectivity index is 1.58. The van der Waals surface area contributed by atoms with Gasteiger partial charge in [0.25, 0.3) is 0 Å². The summed E-state index contributed by atoms with van der Waals surface area (Å²) in [4.78, 5) is 2.50. The van der Waals surface area contributed by atoms with E-state index in [1.54, 1.807) is 0 Å². The second-order valence-corrected chi connectivity index (χ2v) is 6.17. The number of hydrogen-bond donors (Lipinski definition) is 1. The molecule has 21 heavy (non-hydrogen) atoms. The Kier molecular flexibility index (Phi) is 4.37. The summed E-state index contributed by atoms with van der Waals surface area (Å²) in [5.74, 6) is 0.663. The summed E-state index contributed by atoms with van der Waals surface area (Å²) >= 11 is 0. The summed E-state index contributed by atoms with van der Waals surface area (Å²) in [6, 6.07) is 19.6. The highest BCUT2D eigenvalue weighted by atomic mass is 15.2. The number of benzene rings is 2. The molecule has 2 nitrogen and oxygen atoms in total. The highest BCUT2D eigenvalue weighted by Gasteiger charge is 2.25. The van der Waals surface area contributed by atoms with Gasteiger partial charge in [0.1, 0.15) is 0 Å². The average molecular weight is 280 g/mol. The summed E-state index contributed by atoms with van der Waals surface area (Å²) in [6.45, 7) is 5.34. The third-order valence-electron chi connectivity index (χ3n) is 4.50. The lowest BCUT2D eigenvalue weighted by molar-refractivity contribution is 0.312. The number of rotatable bonds is 4. The van der Waals surface area contributed by atoms with Crippen LogP contribution in [-0.4, -0.2) is 24.5 Å². The van der Waals surface area contributed by atoms with Crippen LogP contribution in [0, 0.1) is 6.92 Å². The molecule has 2 atom stereocenters. The monoisotopic (exact) mass is 280 g/mol. The van der Waals surface area contributed by atoms with Gasteiger partial charge >= 0.3 is 0 Å². The number of hydrogen-bond acceptors (Lipinski definition) is 2. The summed E-state index contributed by atoms with van der Waals surface area (Å²) in [5, 5.41) is 0. The molecular weight excluding hydrogens is 256 g/mol. The fourth-order valence-electron chi connectivity index (χ4n) is 3.19. The molecule has 1 saturated heterocycles. The average Bonchev–Trinajstić information content (AvgIpc) is 2.97. The molecule has 2 aromatic carbocycles. The second-order valence-electron chi connectivity index (χ2n) is 6.17. The van der Waals surface area contributed by atoms with E-state index in [9.17, 15) is 0 Å². The Hall–Kier alpha value is -1.64. The smallest absolute Gasteiger partial charge is 0.0424 e. The third kappa shape index (κ3) is 3.52. The molecule has 2 N–H and O–H groups in total. The Bertz CT molecular complexity index is 562. The van der Waals surface area contributed by atoms with Gasteiger partial charge in [0.15, 0.2) is 0 Å². The van der Waals surface area contributed by atoms with Crippen LogP contribution in [0.1, 0.15) is 35.1 Å². The molecule has 1 fully saturated rings. The van der Waals surface area contributed by atoms with Crippen molar-refractivity contribution in [3.05, 3.63) is 71.3 Å². The lowest BCUT2D eigenvalue weighted by atomic mass is 9.99. The fraction of sp³-hybridized carbons (Fsp3) is 0.368. The fourth-order valence-corrected chi connectivity index (χ4v) is 3.19. The van der Waals surface area contributed by atoms with E-state index in [1.165, 1.54) is 23.1 Å². The molecular formula is C19H24N2. The Morgan fingerprint density at radius 3 is 2.52 bits per heavy atom. The largest absolute Gasteiger partial charge is 0.323 e. The van der Waals surface area contributed by atoms with Gasteiger partial charge in [-0.3, -0.25) is 0 Å². The van der Waals surface area contributed by atoms with E-state index in [4.69, 9.17) is 5.73 Å². The van der Waals surface area contributed by atoms with E-state index in [0.29, 0.717) is 5.92 Å². The Morgan fingerprint density at radius 2 is 1.81 bits per heavy atom. The van der Waals surface area contributed by atoms with Gasteiger partial charge in [-0.05, 0) is 36.9 Å². The van der Waals surface area contributed by atoms with E-state index in [-0.39, 0.29) is 6.04 Å². The van der Waals surface area contributed by atoms with E-state index in [2.05, 4.69) is 66.4 Å². The van der Waals surface area contributed by atoms with Crippen molar-refractivity contribution in [2.75, 3.05) is 19.6 Å². The maximum atomic E-state index is 6.37. The molecule has 0 saturated carbocycles. The zero-order valence-corrected chi connectivity index (χ0v) is 12.7. The van der Waals surface area contributed by atoms with Crippen molar-refractivity contribution in [3.8, 4) is 0 Å². The second kappa shape index (κ2) is 6.42. The molecule has 2 heteroatoms. The minimum atomic E-state index is 0.111. The zero-order chi connectivity index (χ0) is 14.7.